The molecule has 9 heteroatoms. The molecule has 0 heterocycles. The molecule has 0 N–H and O–H groups in total. The average molecular weight is 300 g/mol. The van der Waals surface area contributed by atoms with Crippen molar-refractivity contribution >= 4 is 5.97 Å². The third kappa shape index (κ3) is 5.29. The van der Waals surface area contributed by atoms with E-state index in [0.717, 1.165) is 25.3 Å². The summed E-state index contributed by atoms with van der Waals surface area (Å²) in [5, 5.41) is 0. The molecule has 0 radical (unpaired) electrons. The number of hydrogen-bond acceptors (Lipinski definition) is 4. The first-order valence-corrected chi connectivity index (χ1v) is 5.11. The number of alkyl halides is 5. The molecule has 0 aliphatic heterocycles. The fourth-order valence-corrected chi connectivity index (χ4v) is 1.30. The number of carbonyl (C=O) groups excluding carboxylic acids is 1. The van der Waals surface area contributed by atoms with Gasteiger partial charge >= 0.3 is 18.9 Å². The van der Waals surface area contributed by atoms with Crippen LogP contribution in [0.3, 0.4) is 0 Å². The summed E-state index contributed by atoms with van der Waals surface area (Å²) in [7, 11) is 1.10. The van der Waals surface area contributed by atoms with E-state index in [1.165, 1.54) is 0 Å². The van der Waals surface area contributed by atoms with Gasteiger partial charge in [-0.15, -0.1) is 13.2 Å². The van der Waals surface area contributed by atoms with Gasteiger partial charge in [-0.3, -0.25) is 4.79 Å². The number of benzene rings is 1. The predicted molar refractivity (Wildman–Crippen MR) is 55.5 cm³/mol. The average Bonchev–Trinajstić information content (AvgIpc) is 2.30. The van der Waals surface area contributed by atoms with Crippen LogP contribution in [0.25, 0.3) is 0 Å². The molecule has 0 aromatic heterocycles. The van der Waals surface area contributed by atoms with Crippen molar-refractivity contribution in [3.8, 4) is 11.5 Å². The van der Waals surface area contributed by atoms with Gasteiger partial charge < -0.3 is 14.2 Å². The summed E-state index contributed by atoms with van der Waals surface area (Å²) in [4.78, 5) is 11.0. The molecule has 1 aromatic carbocycles. The Labute approximate surface area is 110 Å². The Balaban J connectivity index is 3.04. The molecule has 1 rings (SSSR count). The van der Waals surface area contributed by atoms with E-state index in [9.17, 15) is 26.7 Å². The molecule has 0 saturated carbocycles. The van der Waals surface area contributed by atoms with Crippen LogP contribution in [-0.4, -0.2) is 26.1 Å². The second-order valence-electron chi connectivity index (χ2n) is 3.46. The Hall–Kier alpha value is -2.06. The molecule has 0 unspecified atom stereocenters. The van der Waals surface area contributed by atoms with E-state index in [4.69, 9.17) is 0 Å². The highest BCUT2D eigenvalue weighted by Gasteiger charge is 2.33. The van der Waals surface area contributed by atoms with Crippen molar-refractivity contribution in [1.29, 1.82) is 0 Å². The predicted octanol–water partition coefficient (Wildman–Crippen LogP) is 2.90. The SMILES string of the molecule is COC(=O)Cc1ccc(OC(F)F)c(OC(F)(F)F)c1. The minimum Gasteiger partial charge on any atom is -0.469 e. The minimum atomic E-state index is -5.08. The van der Waals surface area contributed by atoms with Gasteiger partial charge in [0.15, 0.2) is 11.5 Å². The van der Waals surface area contributed by atoms with Crippen molar-refractivity contribution in [2.75, 3.05) is 7.11 Å². The van der Waals surface area contributed by atoms with E-state index in [0.29, 0.717) is 0 Å². The lowest BCUT2D eigenvalue weighted by atomic mass is 10.1. The maximum atomic E-state index is 12.2. The van der Waals surface area contributed by atoms with Crippen LogP contribution in [0.5, 0.6) is 11.5 Å². The van der Waals surface area contributed by atoms with Crippen LogP contribution in [0.4, 0.5) is 22.0 Å². The van der Waals surface area contributed by atoms with Gasteiger partial charge in [0.1, 0.15) is 0 Å². The van der Waals surface area contributed by atoms with Gasteiger partial charge in [-0.2, -0.15) is 8.78 Å². The molecule has 4 nitrogen and oxygen atoms in total. The van der Waals surface area contributed by atoms with E-state index < -0.39 is 30.4 Å². The Kier molecular flexibility index (Phi) is 5.12. The summed E-state index contributed by atoms with van der Waals surface area (Å²) >= 11 is 0. The number of rotatable bonds is 5. The summed E-state index contributed by atoms with van der Waals surface area (Å²) in [5.41, 5.74) is 0.0951. The lowest BCUT2D eigenvalue weighted by Crippen LogP contribution is -2.18. The highest BCUT2D eigenvalue weighted by Crippen LogP contribution is 2.34. The highest BCUT2D eigenvalue weighted by atomic mass is 19.4. The lowest BCUT2D eigenvalue weighted by molar-refractivity contribution is -0.275. The van der Waals surface area contributed by atoms with Crippen LogP contribution in [0.1, 0.15) is 5.56 Å². The first-order valence-electron chi connectivity index (χ1n) is 5.11. The van der Waals surface area contributed by atoms with E-state index in [1.54, 1.807) is 0 Å². The summed E-state index contributed by atoms with van der Waals surface area (Å²) in [5.74, 6) is -2.45. The van der Waals surface area contributed by atoms with Crippen LogP contribution in [0, 0.1) is 0 Å². The largest absolute Gasteiger partial charge is 0.573 e. The van der Waals surface area contributed by atoms with Crippen molar-refractivity contribution in [2.24, 2.45) is 0 Å². The number of carbonyl (C=O) groups is 1. The normalized spacial score (nSPS) is 11.3. The van der Waals surface area contributed by atoms with Crippen LogP contribution in [0.15, 0.2) is 18.2 Å². The fraction of sp³-hybridized carbons (Fsp3) is 0.364. The van der Waals surface area contributed by atoms with E-state index in [2.05, 4.69) is 14.2 Å². The van der Waals surface area contributed by atoms with Gasteiger partial charge in [0.25, 0.3) is 0 Å². The molecule has 0 atom stereocenters. The number of ether oxygens (including phenoxy) is 3. The highest BCUT2D eigenvalue weighted by molar-refractivity contribution is 5.72. The summed E-state index contributed by atoms with van der Waals surface area (Å²) < 4.78 is 72.4. The van der Waals surface area contributed by atoms with Crippen molar-refractivity contribution in [2.45, 2.75) is 19.4 Å². The summed E-state index contributed by atoms with van der Waals surface area (Å²) in [6.45, 7) is -3.31. The minimum absolute atomic E-state index is 0.0951. The molecule has 0 spiro atoms. The molecule has 0 aliphatic rings. The Bertz CT molecular complexity index is 472. The third-order valence-corrected chi connectivity index (χ3v) is 2.03. The van der Waals surface area contributed by atoms with E-state index >= 15 is 0 Å². The van der Waals surface area contributed by atoms with Gasteiger partial charge in [0.05, 0.1) is 13.5 Å². The number of halogens is 5. The second-order valence-corrected chi connectivity index (χ2v) is 3.46. The number of methoxy groups -OCH3 is 1. The maximum absolute atomic E-state index is 12.2. The Morgan fingerprint density at radius 2 is 1.90 bits per heavy atom. The Morgan fingerprint density at radius 3 is 2.40 bits per heavy atom. The lowest BCUT2D eigenvalue weighted by Gasteiger charge is -2.14. The monoisotopic (exact) mass is 300 g/mol. The molecule has 0 fully saturated rings. The van der Waals surface area contributed by atoms with Crippen LogP contribution in [0.2, 0.25) is 0 Å². The van der Waals surface area contributed by atoms with E-state index in [1.807, 2.05) is 0 Å². The van der Waals surface area contributed by atoms with Gasteiger partial charge in [-0.1, -0.05) is 6.07 Å². The van der Waals surface area contributed by atoms with Gasteiger partial charge in [0.2, 0.25) is 0 Å². The van der Waals surface area contributed by atoms with Crippen LogP contribution < -0.4 is 9.47 Å². The first-order chi connectivity index (χ1) is 9.21. The molecular weight excluding hydrogens is 291 g/mol. The summed E-state index contributed by atoms with van der Waals surface area (Å²) in [6.07, 6.45) is -5.41. The molecule has 0 bridgehead atoms. The molecule has 1 aromatic rings. The number of esters is 1. The molecule has 0 saturated heterocycles. The first kappa shape index (κ1) is 16.0. The molecular formula is C11H9F5O4. The van der Waals surface area contributed by atoms with Crippen LogP contribution in [-0.2, 0) is 16.0 Å². The maximum Gasteiger partial charge on any atom is 0.573 e. The smallest absolute Gasteiger partial charge is 0.469 e. The molecule has 112 valence electrons. The van der Waals surface area contributed by atoms with Gasteiger partial charge in [-0.25, -0.2) is 0 Å². The quantitative estimate of drug-likeness (QED) is 0.619. The van der Waals surface area contributed by atoms with Crippen molar-refractivity contribution < 1.29 is 41.0 Å². The molecule has 0 amide bonds. The fourth-order valence-electron chi connectivity index (χ4n) is 1.30. The van der Waals surface area contributed by atoms with Crippen LogP contribution >= 0.6 is 0 Å². The Morgan fingerprint density at radius 1 is 1.25 bits per heavy atom. The van der Waals surface area contributed by atoms with Crippen molar-refractivity contribution in [1.82, 2.24) is 0 Å². The van der Waals surface area contributed by atoms with Crippen molar-refractivity contribution in [3.05, 3.63) is 23.8 Å². The zero-order chi connectivity index (χ0) is 15.3. The zero-order valence-electron chi connectivity index (χ0n) is 10.0. The van der Waals surface area contributed by atoms with Gasteiger partial charge in [-0.05, 0) is 17.7 Å². The molecule has 20 heavy (non-hydrogen) atoms. The topological polar surface area (TPSA) is 44.8 Å². The molecule has 0 aliphatic carbocycles. The second kappa shape index (κ2) is 6.40. The van der Waals surface area contributed by atoms with Gasteiger partial charge in [0, 0.05) is 0 Å². The third-order valence-electron chi connectivity index (χ3n) is 2.03. The zero-order valence-corrected chi connectivity index (χ0v) is 10.0. The number of hydrogen-bond donors (Lipinski definition) is 0. The summed E-state index contributed by atoms with van der Waals surface area (Å²) in [6, 6.07) is 2.78. The van der Waals surface area contributed by atoms with E-state index in [-0.39, 0.29) is 12.0 Å². The van der Waals surface area contributed by atoms with Crippen molar-refractivity contribution in [3.63, 3.8) is 0 Å². The standard InChI is InChI=1S/C11H9F5O4/c1-18-9(17)5-6-2-3-7(19-10(12)13)8(4-6)20-11(14,15)16/h2-4,10H,5H2,1H3.